The van der Waals surface area contributed by atoms with Gasteiger partial charge in [0.15, 0.2) is 18.1 Å². The molecule has 0 radical (unpaired) electrons. The second-order valence-corrected chi connectivity index (χ2v) is 6.95. The van der Waals surface area contributed by atoms with Gasteiger partial charge in [-0.15, -0.1) is 0 Å². The third-order valence-corrected chi connectivity index (χ3v) is 4.70. The van der Waals surface area contributed by atoms with Crippen LogP contribution in [0.15, 0.2) is 58.2 Å². The van der Waals surface area contributed by atoms with Crippen LogP contribution in [0.25, 0.3) is 10.9 Å². The summed E-state index contributed by atoms with van der Waals surface area (Å²) in [6.07, 6.45) is 3.21. The average Bonchev–Trinajstić information content (AvgIpc) is 2.75. The third-order valence-electron chi connectivity index (χ3n) is 4.01. The molecule has 0 bridgehead atoms. The number of nitrogens with one attached hydrogen (secondary N) is 1. The molecule has 0 aliphatic rings. The molecule has 1 amide bonds. The first-order valence-electron chi connectivity index (χ1n) is 9.50. The number of hydrogen-bond acceptors (Lipinski definition) is 6. The van der Waals surface area contributed by atoms with Gasteiger partial charge in [0.25, 0.3) is 5.91 Å². The SMILES string of the molecule is CCOc1cc(Br)c(C=NNC(=O)COc2cccc3cccnc23)cc1OCC. The molecule has 7 nitrogen and oxygen atoms in total. The van der Waals surface area contributed by atoms with Gasteiger partial charge in [-0.2, -0.15) is 5.10 Å². The molecule has 1 heterocycles. The quantitative estimate of drug-likeness (QED) is 0.371. The number of carbonyl (C=O) groups is 1. The van der Waals surface area contributed by atoms with E-state index in [4.69, 9.17) is 14.2 Å². The first-order chi connectivity index (χ1) is 14.6. The smallest absolute Gasteiger partial charge is 0.277 e. The van der Waals surface area contributed by atoms with E-state index in [0.29, 0.717) is 36.0 Å². The van der Waals surface area contributed by atoms with Crippen molar-refractivity contribution in [3.63, 3.8) is 0 Å². The fourth-order valence-electron chi connectivity index (χ4n) is 2.73. The molecule has 0 saturated carbocycles. The first kappa shape index (κ1) is 21.6. The number of benzene rings is 2. The van der Waals surface area contributed by atoms with Crippen LogP contribution in [0.5, 0.6) is 17.2 Å². The van der Waals surface area contributed by atoms with E-state index in [1.54, 1.807) is 18.3 Å². The van der Waals surface area contributed by atoms with Crippen LogP contribution in [-0.2, 0) is 4.79 Å². The maximum atomic E-state index is 12.1. The minimum absolute atomic E-state index is 0.179. The van der Waals surface area contributed by atoms with Crippen molar-refractivity contribution in [1.82, 2.24) is 10.4 Å². The van der Waals surface area contributed by atoms with Gasteiger partial charge >= 0.3 is 0 Å². The van der Waals surface area contributed by atoms with Crippen molar-refractivity contribution in [2.24, 2.45) is 5.10 Å². The summed E-state index contributed by atoms with van der Waals surface area (Å²) in [5.74, 6) is 1.42. The molecule has 0 spiro atoms. The summed E-state index contributed by atoms with van der Waals surface area (Å²) in [5, 5.41) is 4.95. The highest BCUT2D eigenvalue weighted by molar-refractivity contribution is 9.10. The Bertz CT molecular complexity index is 1050. The lowest BCUT2D eigenvalue weighted by atomic mass is 10.2. The Morgan fingerprint density at radius 2 is 1.80 bits per heavy atom. The fourth-order valence-corrected chi connectivity index (χ4v) is 3.15. The molecule has 3 rings (SSSR count). The molecule has 0 aliphatic carbocycles. The van der Waals surface area contributed by atoms with E-state index in [2.05, 4.69) is 31.4 Å². The monoisotopic (exact) mass is 471 g/mol. The van der Waals surface area contributed by atoms with E-state index in [-0.39, 0.29) is 12.5 Å². The van der Waals surface area contributed by atoms with Crippen molar-refractivity contribution in [2.45, 2.75) is 13.8 Å². The molecule has 30 heavy (non-hydrogen) atoms. The number of ether oxygens (including phenoxy) is 3. The van der Waals surface area contributed by atoms with Gasteiger partial charge in [0.05, 0.1) is 19.4 Å². The first-order valence-corrected chi connectivity index (χ1v) is 10.3. The summed E-state index contributed by atoms with van der Waals surface area (Å²) in [6, 6.07) is 13.0. The lowest BCUT2D eigenvalue weighted by molar-refractivity contribution is -0.123. The van der Waals surface area contributed by atoms with Crippen LogP contribution in [0.1, 0.15) is 19.4 Å². The van der Waals surface area contributed by atoms with Crippen LogP contribution in [0.3, 0.4) is 0 Å². The summed E-state index contributed by atoms with van der Waals surface area (Å²) >= 11 is 3.48. The predicted octanol–water partition coefficient (Wildman–Crippen LogP) is 4.32. The summed E-state index contributed by atoms with van der Waals surface area (Å²) in [5.41, 5.74) is 3.90. The third kappa shape index (κ3) is 5.48. The van der Waals surface area contributed by atoms with Gasteiger partial charge in [0.2, 0.25) is 0 Å². The van der Waals surface area contributed by atoms with Gasteiger partial charge in [-0.3, -0.25) is 9.78 Å². The molecule has 0 aliphatic heterocycles. The molecule has 1 N–H and O–H groups in total. The van der Waals surface area contributed by atoms with E-state index in [9.17, 15) is 4.79 Å². The van der Waals surface area contributed by atoms with Crippen molar-refractivity contribution in [3.05, 3.63) is 58.7 Å². The van der Waals surface area contributed by atoms with Gasteiger partial charge in [0.1, 0.15) is 11.3 Å². The molecule has 2 aromatic carbocycles. The van der Waals surface area contributed by atoms with E-state index in [1.807, 2.05) is 44.2 Å². The number of nitrogens with zero attached hydrogens (tertiary/aromatic N) is 2. The number of carbonyl (C=O) groups excluding carboxylic acids is 1. The average molecular weight is 472 g/mol. The van der Waals surface area contributed by atoms with E-state index >= 15 is 0 Å². The second kappa shape index (κ2) is 10.6. The highest BCUT2D eigenvalue weighted by Gasteiger charge is 2.10. The van der Waals surface area contributed by atoms with Crippen molar-refractivity contribution >= 4 is 39.0 Å². The molecule has 0 unspecified atom stereocenters. The van der Waals surface area contributed by atoms with Crippen LogP contribution in [0.2, 0.25) is 0 Å². The zero-order chi connectivity index (χ0) is 21.3. The van der Waals surface area contributed by atoms with Crippen molar-refractivity contribution < 1.29 is 19.0 Å². The van der Waals surface area contributed by atoms with E-state index < -0.39 is 0 Å². The number of fused-ring (bicyclic) bond motifs is 1. The molecular weight excluding hydrogens is 450 g/mol. The largest absolute Gasteiger partial charge is 0.490 e. The lowest BCUT2D eigenvalue weighted by Gasteiger charge is -2.12. The summed E-state index contributed by atoms with van der Waals surface area (Å²) in [6.45, 7) is 4.67. The standard InChI is InChI=1S/C22H22BrN3O4/c1-3-28-19-11-16(17(23)12-20(19)29-4-2)13-25-26-21(27)14-30-18-9-5-7-15-8-6-10-24-22(15)18/h5-13H,3-4,14H2,1-2H3,(H,26,27). The summed E-state index contributed by atoms with van der Waals surface area (Å²) in [7, 11) is 0. The minimum Gasteiger partial charge on any atom is -0.490 e. The molecule has 0 atom stereocenters. The second-order valence-electron chi connectivity index (χ2n) is 6.10. The number of aromatic nitrogens is 1. The number of para-hydroxylation sites is 1. The van der Waals surface area contributed by atoms with Crippen molar-refractivity contribution in [1.29, 1.82) is 0 Å². The number of hydrazone groups is 1. The molecule has 156 valence electrons. The Labute approximate surface area is 183 Å². The fraction of sp³-hybridized carbons (Fsp3) is 0.227. The summed E-state index contributed by atoms with van der Waals surface area (Å²) < 4.78 is 17.6. The number of amides is 1. The normalized spacial score (nSPS) is 10.9. The molecular formula is C22H22BrN3O4. The maximum absolute atomic E-state index is 12.1. The number of halogens is 1. The van der Waals surface area contributed by atoms with Crippen LogP contribution < -0.4 is 19.6 Å². The molecule has 8 heteroatoms. The zero-order valence-electron chi connectivity index (χ0n) is 16.7. The van der Waals surface area contributed by atoms with Crippen molar-refractivity contribution in [2.75, 3.05) is 19.8 Å². The molecule has 0 saturated heterocycles. The maximum Gasteiger partial charge on any atom is 0.277 e. The number of pyridine rings is 1. The van der Waals surface area contributed by atoms with E-state index in [0.717, 1.165) is 15.4 Å². The number of rotatable bonds is 9. The van der Waals surface area contributed by atoms with Gasteiger partial charge in [-0.05, 0) is 54.0 Å². The van der Waals surface area contributed by atoms with Gasteiger partial charge in [-0.1, -0.05) is 18.2 Å². The van der Waals surface area contributed by atoms with Gasteiger partial charge < -0.3 is 14.2 Å². The van der Waals surface area contributed by atoms with Crippen LogP contribution in [0, 0.1) is 0 Å². The minimum atomic E-state index is -0.383. The molecule has 3 aromatic rings. The highest BCUT2D eigenvalue weighted by Crippen LogP contribution is 2.33. The van der Waals surface area contributed by atoms with Crippen LogP contribution in [-0.4, -0.2) is 36.9 Å². The molecule has 0 fully saturated rings. The Morgan fingerprint density at radius 3 is 2.57 bits per heavy atom. The van der Waals surface area contributed by atoms with Crippen LogP contribution >= 0.6 is 15.9 Å². The number of hydrogen-bond donors (Lipinski definition) is 1. The van der Waals surface area contributed by atoms with Gasteiger partial charge in [0, 0.05) is 21.6 Å². The zero-order valence-corrected chi connectivity index (χ0v) is 18.3. The Balaban J connectivity index is 1.62. The highest BCUT2D eigenvalue weighted by atomic mass is 79.9. The van der Waals surface area contributed by atoms with E-state index in [1.165, 1.54) is 6.21 Å². The van der Waals surface area contributed by atoms with Crippen molar-refractivity contribution in [3.8, 4) is 17.2 Å². The lowest BCUT2D eigenvalue weighted by Crippen LogP contribution is -2.24. The molecule has 1 aromatic heterocycles. The van der Waals surface area contributed by atoms with Crippen LogP contribution in [0.4, 0.5) is 0 Å². The predicted molar refractivity (Wildman–Crippen MR) is 119 cm³/mol. The summed E-state index contributed by atoms with van der Waals surface area (Å²) in [4.78, 5) is 16.4. The Kier molecular flexibility index (Phi) is 7.62. The topological polar surface area (TPSA) is 82.0 Å². The Hall–Kier alpha value is -3.13. The Morgan fingerprint density at radius 1 is 1.07 bits per heavy atom. The van der Waals surface area contributed by atoms with Gasteiger partial charge in [-0.25, -0.2) is 5.43 Å².